The number of hydrogen-bond donors (Lipinski definition) is 1. The van der Waals surface area contributed by atoms with E-state index in [-0.39, 0.29) is 5.82 Å². The van der Waals surface area contributed by atoms with Gasteiger partial charge in [-0.1, -0.05) is 0 Å². The Morgan fingerprint density at radius 3 is 2.87 bits per heavy atom. The molecule has 15 heavy (non-hydrogen) atoms. The van der Waals surface area contributed by atoms with Crippen LogP contribution in [0.5, 0.6) is 0 Å². The summed E-state index contributed by atoms with van der Waals surface area (Å²) in [6.45, 7) is 0. The highest BCUT2D eigenvalue weighted by Gasteiger charge is 2.31. The van der Waals surface area contributed by atoms with E-state index < -0.39 is 5.97 Å². The number of nitrogens with two attached hydrogens (primary N) is 1. The summed E-state index contributed by atoms with van der Waals surface area (Å²) in [5, 5.41) is 0.807. The monoisotopic (exact) mass is 227 g/mol. The lowest BCUT2D eigenvalue weighted by atomic mass is 10.3. The van der Waals surface area contributed by atoms with Crippen molar-refractivity contribution in [1.82, 2.24) is 4.37 Å². The third-order valence-corrected chi connectivity index (χ3v) is 3.46. The first-order valence-corrected chi connectivity index (χ1v) is 5.48. The summed E-state index contributed by atoms with van der Waals surface area (Å²) in [5.41, 5.74) is 6.05. The molecule has 2 N–H and O–H groups in total. The zero-order chi connectivity index (χ0) is 11.0. The first-order chi connectivity index (χ1) is 7.15. The first-order valence-electron chi connectivity index (χ1n) is 4.71. The van der Waals surface area contributed by atoms with Crippen molar-refractivity contribution >= 4 is 28.3 Å². The van der Waals surface area contributed by atoms with Gasteiger partial charge in [0.25, 0.3) is 0 Å². The highest BCUT2D eigenvalue weighted by atomic mass is 32.1. The van der Waals surface area contributed by atoms with Crippen LogP contribution in [0.3, 0.4) is 0 Å². The van der Waals surface area contributed by atoms with Crippen molar-refractivity contribution < 1.29 is 9.53 Å². The van der Waals surface area contributed by atoms with E-state index >= 15 is 0 Å². The van der Waals surface area contributed by atoms with Crippen molar-refractivity contribution in [2.45, 2.75) is 18.9 Å². The second kappa shape index (κ2) is 3.69. The van der Waals surface area contributed by atoms with Crippen LogP contribution in [0.15, 0.2) is 0 Å². The normalized spacial score (nSPS) is 15.1. The molecule has 0 saturated heterocycles. The number of ether oxygens (including phenoxy) is 1. The lowest BCUT2D eigenvalue weighted by Crippen LogP contribution is -2.21. The van der Waals surface area contributed by atoms with Crippen molar-refractivity contribution in [3.63, 3.8) is 0 Å². The molecule has 1 aliphatic rings. The predicted octanol–water partition coefficient (Wildman–Crippen LogP) is 1.11. The molecule has 0 aliphatic heterocycles. The molecular formula is C9H13N3O2S. The summed E-state index contributed by atoms with van der Waals surface area (Å²) < 4.78 is 8.68. The Balaban J connectivity index is 2.33. The SMILES string of the molecule is COC(=O)c1c(N)nsc1N(C)C1CC1. The highest BCUT2D eigenvalue weighted by molar-refractivity contribution is 7.11. The van der Waals surface area contributed by atoms with E-state index in [1.165, 1.54) is 18.6 Å². The van der Waals surface area contributed by atoms with E-state index in [1.807, 2.05) is 7.05 Å². The number of carbonyl (C=O) groups excluding carboxylic acids is 1. The standard InChI is InChI=1S/C9H13N3O2S/c1-12(5-3-4-5)8-6(9(13)14-2)7(10)11-15-8/h5H,3-4H2,1-2H3,(H2,10,11). The molecule has 0 radical (unpaired) electrons. The van der Waals surface area contributed by atoms with Gasteiger partial charge in [0.2, 0.25) is 0 Å². The lowest BCUT2D eigenvalue weighted by molar-refractivity contribution is 0.0603. The van der Waals surface area contributed by atoms with Crippen molar-refractivity contribution in [2.24, 2.45) is 0 Å². The van der Waals surface area contributed by atoms with E-state index in [2.05, 4.69) is 14.0 Å². The van der Waals surface area contributed by atoms with Crippen LogP contribution in [0.1, 0.15) is 23.2 Å². The second-order valence-corrected chi connectivity index (χ2v) is 4.33. The maximum atomic E-state index is 11.5. The van der Waals surface area contributed by atoms with Gasteiger partial charge in [-0.05, 0) is 24.4 Å². The summed E-state index contributed by atoms with van der Waals surface area (Å²) in [6.07, 6.45) is 2.32. The fraction of sp³-hybridized carbons (Fsp3) is 0.556. The number of methoxy groups -OCH3 is 1. The molecule has 1 heterocycles. The van der Waals surface area contributed by atoms with E-state index in [9.17, 15) is 4.79 Å². The van der Waals surface area contributed by atoms with Crippen molar-refractivity contribution in [2.75, 3.05) is 24.8 Å². The van der Waals surface area contributed by atoms with Crippen LogP contribution < -0.4 is 10.6 Å². The fourth-order valence-corrected chi connectivity index (χ4v) is 2.29. The molecule has 6 heteroatoms. The fourth-order valence-electron chi connectivity index (χ4n) is 1.46. The molecule has 5 nitrogen and oxygen atoms in total. The second-order valence-electron chi connectivity index (χ2n) is 3.58. The maximum absolute atomic E-state index is 11.5. The third-order valence-electron chi connectivity index (χ3n) is 2.50. The van der Waals surface area contributed by atoms with Gasteiger partial charge in [0, 0.05) is 13.1 Å². The Labute approximate surface area is 92.0 Å². The number of aromatic nitrogens is 1. The number of rotatable bonds is 3. The molecule has 0 bridgehead atoms. The Kier molecular flexibility index (Phi) is 2.52. The van der Waals surface area contributed by atoms with Crippen LogP contribution in [0.2, 0.25) is 0 Å². The van der Waals surface area contributed by atoms with Crippen LogP contribution >= 0.6 is 11.5 Å². The first kappa shape index (κ1) is 10.2. The molecule has 0 atom stereocenters. The minimum absolute atomic E-state index is 0.259. The number of hydrogen-bond acceptors (Lipinski definition) is 6. The summed E-state index contributed by atoms with van der Waals surface area (Å²) >= 11 is 1.25. The van der Waals surface area contributed by atoms with Gasteiger partial charge >= 0.3 is 5.97 Å². The molecule has 1 fully saturated rings. The number of anilines is 2. The zero-order valence-corrected chi connectivity index (χ0v) is 9.50. The predicted molar refractivity (Wildman–Crippen MR) is 59.3 cm³/mol. The van der Waals surface area contributed by atoms with Gasteiger partial charge in [-0.3, -0.25) is 0 Å². The average Bonchev–Trinajstić information content (AvgIpc) is 3.00. The zero-order valence-electron chi connectivity index (χ0n) is 8.69. The maximum Gasteiger partial charge on any atom is 0.344 e. The van der Waals surface area contributed by atoms with Crippen molar-refractivity contribution in [1.29, 1.82) is 0 Å². The molecule has 82 valence electrons. The van der Waals surface area contributed by atoms with E-state index in [4.69, 9.17) is 5.73 Å². The summed E-state index contributed by atoms with van der Waals surface area (Å²) in [6, 6.07) is 0.522. The molecule has 0 spiro atoms. The molecule has 0 amide bonds. The molecule has 1 saturated carbocycles. The van der Waals surface area contributed by atoms with Gasteiger partial charge in [0.15, 0.2) is 5.82 Å². The highest BCUT2D eigenvalue weighted by Crippen LogP contribution is 2.37. The summed E-state index contributed by atoms with van der Waals surface area (Å²) in [7, 11) is 3.30. The average molecular weight is 227 g/mol. The number of nitrogen functional groups attached to an aromatic ring is 1. The van der Waals surface area contributed by atoms with Crippen LogP contribution in [-0.2, 0) is 4.74 Å². The van der Waals surface area contributed by atoms with Gasteiger partial charge in [-0.25, -0.2) is 4.79 Å². The van der Waals surface area contributed by atoms with Gasteiger partial charge in [-0.15, -0.1) is 0 Å². The lowest BCUT2D eigenvalue weighted by Gasteiger charge is -2.16. The van der Waals surface area contributed by atoms with Crippen LogP contribution in [0, 0.1) is 0 Å². The Hall–Kier alpha value is -1.30. The Morgan fingerprint density at radius 1 is 1.67 bits per heavy atom. The molecule has 1 aromatic heterocycles. The number of esters is 1. The third kappa shape index (κ3) is 1.77. The molecule has 2 rings (SSSR count). The molecular weight excluding hydrogens is 214 g/mol. The largest absolute Gasteiger partial charge is 0.465 e. The minimum atomic E-state index is -0.413. The summed E-state index contributed by atoms with van der Waals surface area (Å²) in [5.74, 6) is -0.155. The number of carbonyl (C=O) groups is 1. The molecule has 0 unspecified atom stereocenters. The van der Waals surface area contributed by atoms with Crippen LogP contribution in [0.25, 0.3) is 0 Å². The summed E-state index contributed by atoms with van der Waals surface area (Å²) in [4.78, 5) is 13.6. The van der Waals surface area contributed by atoms with Crippen LogP contribution in [-0.4, -0.2) is 30.5 Å². The van der Waals surface area contributed by atoms with Crippen LogP contribution in [0.4, 0.5) is 10.8 Å². The molecule has 1 aromatic rings. The quantitative estimate of drug-likeness (QED) is 0.783. The molecule has 1 aliphatic carbocycles. The van der Waals surface area contributed by atoms with Gasteiger partial charge in [-0.2, -0.15) is 4.37 Å². The van der Waals surface area contributed by atoms with E-state index in [0.717, 1.165) is 17.8 Å². The minimum Gasteiger partial charge on any atom is -0.465 e. The van der Waals surface area contributed by atoms with Gasteiger partial charge in [0.1, 0.15) is 10.6 Å². The van der Waals surface area contributed by atoms with Crippen molar-refractivity contribution in [3.8, 4) is 0 Å². The topological polar surface area (TPSA) is 68.5 Å². The van der Waals surface area contributed by atoms with E-state index in [0.29, 0.717) is 11.6 Å². The van der Waals surface area contributed by atoms with Gasteiger partial charge < -0.3 is 15.4 Å². The van der Waals surface area contributed by atoms with E-state index in [1.54, 1.807) is 0 Å². The van der Waals surface area contributed by atoms with Crippen molar-refractivity contribution in [3.05, 3.63) is 5.56 Å². The Morgan fingerprint density at radius 2 is 2.33 bits per heavy atom. The number of nitrogens with zero attached hydrogens (tertiary/aromatic N) is 2. The molecule has 0 aromatic carbocycles. The smallest absolute Gasteiger partial charge is 0.344 e. The Bertz CT molecular complexity index is 387. The van der Waals surface area contributed by atoms with Gasteiger partial charge in [0.05, 0.1) is 7.11 Å².